The van der Waals surface area contributed by atoms with Gasteiger partial charge in [-0.3, -0.25) is 4.79 Å². The van der Waals surface area contributed by atoms with Gasteiger partial charge in [0.25, 0.3) is 0 Å². The Bertz CT molecular complexity index is 897. The summed E-state index contributed by atoms with van der Waals surface area (Å²) >= 11 is 0. The van der Waals surface area contributed by atoms with Crippen molar-refractivity contribution in [3.63, 3.8) is 0 Å². The zero-order chi connectivity index (χ0) is 17.3. The lowest BCUT2D eigenvalue weighted by molar-refractivity contribution is -0.137. The average molecular weight is 332 g/mol. The van der Waals surface area contributed by atoms with Crippen LogP contribution in [-0.2, 0) is 17.4 Å². The fourth-order valence-corrected chi connectivity index (χ4v) is 2.70. The number of rotatable bonds is 3. The summed E-state index contributed by atoms with van der Waals surface area (Å²) in [5, 5.41) is 3.47. The Balaban J connectivity index is 1.80. The monoisotopic (exact) mass is 332 g/mol. The minimum atomic E-state index is -4.44. The van der Waals surface area contributed by atoms with E-state index in [0.29, 0.717) is 0 Å². The summed E-state index contributed by atoms with van der Waals surface area (Å²) in [6.45, 7) is 1.87. The molecule has 0 unspecified atom stereocenters. The molecule has 3 rings (SSSR count). The first-order valence-corrected chi connectivity index (χ1v) is 7.38. The van der Waals surface area contributed by atoms with Crippen molar-refractivity contribution in [1.82, 2.24) is 4.98 Å². The normalized spacial score (nSPS) is 11.7. The summed E-state index contributed by atoms with van der Waals surface area (Å²) in [4.78, 5) is 15.4. The Morgan fingerprint density at radius 3 is 2.62 bits per heavy atom. The lowest BCUT2D eigenvalue weighted by atomic mass is 10.1. The maximum absolute atomic E-state index is 12.7. The van der Waals surface area contributed by atoms with Crippen LogP contribution in [0, 0.1) is 6.92 Å². The lowest BCUT2D eigenvalue weighted by Gasteiger charge is -2.10. The highest BCUT2D eigenvalue weighted by molar-refractivity contribution is 5.96. The van der Waals surface area contributed by atoms with Gasteiger partial charge < -0.3 is 10.3 Å². The molecule has 1 aromatic heterocycles. The minimum Gasteiger partial charge on any atom is -0.358 e. The third-order valence-electron chi connectivity index (χ3n) is 3.84. The first kappa shape index (κ1) is 16.1. The van der Waals surface area contributed by atoms with Crippen LogP contribution in [0.25, 0.3) is 10.9 Å². The summed E-state index contributed by atoms with van der Waals surface area (Å²) in [7, 11) is 0. The van der Waals surface area contributed by atoms with Crippen LogP contribution in [-0.4, -0.2) is 10.9 Å². The lowest BCUT2D eigenvalue weighted by Crippen LogP contribution is -2.15. The SMILES string of the molecule is Cc1[nH]c2ccccc2c1CC(=O)Nc1cccc(C(F)(F)F)c1. The first-order chi connectivity index (χ1) is 11.3. The molecule has 3 nitrogen and oxygen atoms in total. The molecule has 0 aliphatic carbocycles. The number of carbonyl (C=O) groups is 1. The standard InChI is InChI=1S/C18H15F3N2O/c1-11-15(14-7-2-3-8-16(14)22-11)10-17(24)23-13-6-4-5-12(9-13)18(19,20)21/h2-9,22H,10H2,1H3,(H,23,24). The van der Waals surface area contributed by atoms with E-state index in [1.54, 1.807) is 0 Å². The molecule has 1 amide bonds. The Morgan fingerprint density at radius 2 is 1.88 bits per heavy atom. The number of anilines is 1. The molecule has 0 aliphatic heterocycles. The summed E-state index contributed by atoms with van der Waals surface area (Å²) in [5.74, 6) is -0.359. The van der Waals surface area contributed by atoms with E-state index in [2.05, 4.69) is 10.3 Å². The maximum atomic E-state index is 12.7. The van der Waals surface area contributed by atoms with E-state index in [-0.39, 0.29) is 18.0 Å². The number of aromatic amines is 1. The molecule has 2 aromatic carbocycles. The van der Waals surface area contributed by atoms with Gasteiger partial charge in [-0.15, -0.1) is 0 Å². The van der Waals surface area contributed by atoms with Gasteiger partial charge in [0, 0.05) is 22.3 Å². The molecule has 0 spiro atoms. The number of fused-ring (bicyclic) bond motifs is 1. The molecule has 0 radical (unpaired) electrons. The fourth-order valence-electron chi connectivity index (χ4n) is 2.70. The second-order valence-electron chi connectivity index (χ2n) is 5.58. The zero-order valence-corrected chi connectivity index (χ0v) is 12.9. The highest BCUT2D eigenvalue weighted by Crippen LogP contribution is 2.30. The van der Waals surface area contributed by atoms with Crippen LogP contribution < -0.4 is 5.32 Å². The molecule has 2 N–H and O–H groups in total. The Labute approximate surface area is 136 Å². The van der Waals surface area contributed by atoms with Crippen molar-refractivity contribution < 1.29 is 18.0 Å². The molecular formula is C18H15F3N2O. The molecule has 1 heterocycles. The van der Waals surface area contributed by atoms with E-state index in [1.807, 2.05) is 31.2 Å². The van der Waals surface area contributed by atoms with Gasteiger partial charge in [0.15, 0.2) is 0 Å². The highest BCUT2D eigenvalue weighted by atomic mass is 19.4. The molecule has 24 heavy (non-hydrogen) atoms. The van der Waals surface area contributed by atoms with Crippen molar-refractivity contribution >= 4 is 22.5 Å². The van der Waals surface area contributed by atoms with Crippen LogP contribution in [0.4, 0.5) is 18.9 Å². The maximum Gasteiger partial charge on any atom is 0.416 e. The van der Waals surface area contributed by atoms with Crippen LogP contribution in [0.1, 0.15) is 16.8 Å². The quantitative estimate of drug-likeness (QED) is 0.719. The van der Waals surface area contributed by atoms with E-state index in [0.717, 1.165) is 34.3 Å². The Kier molecular flexibility index (Phi) is 4.05. The third kappa shape index (κ3) is 3.27. The van der Waals surface area contributed by atoms with Gasteiger partial charge in [-0.25, -0.2) is 0 Å². The van der Waals surface area contributed by atoms with Crippen molar-refractivity contribution in [3.8, 4) is 0 Å². The smallest absolute Gasteiger partial charge is 0.358 e. The number of para-hydroxylation sites is 1. The summed E-state index contributed by atoms with van der Waals surface area (Å²) in [6, 6.07) is 12.2. The number of aryl methyl sites for hydroxylation is 1. The average Bonchev–Trinajstić information content (AvgIpc) is 2.83. The number of nitrogens with one attached hydrogen (secondary N) is 2. The summed E-state index contributed by atoms with van der Waals surface area (Å²) < 4.78 is 38.2. The van der Waals surface area contributed by atoms with Crippen molar-refractivity contribution in [3.05, 3.63) is 65.4 Å². The predicted molar refractivity (Wildman–Crippen MR) is 86.8 cm³/mol. The van der Waals surface area contributed by atoms with Crippen molar-refractivity contribution in [2.75, 3.05) is 5.32 Å². The summed E-state index contributed by atoms with van der Waals surface area (Å²) in [6.07, 6.45) is -4.35. The number of carbonyl (C=O) groups excluding carboxylic acids is 1. The Morgan fingerprint density at radius 1 is 1.12 bits per heavy atom. The number of amides is 1. The number of aromatic nitrogens is 1. The molecule has 0 aliphatic rings. The topological polar surface area (TPSA) is 44.9 Å². The molecule has 0 bridgehead atoms. The van der Waals surface area contributed by atoms with Crippen molar-refractivity contribution in [2.45, 2.75) is 19.5 Å². The zero-order valence-electron chi connectivity index (χ0n) is 12.9. The molecular weight excluding hydrogens is 317 g/mol. The summed E-state index contributed by atoms with van der Waals surface area (Å²) in [5.41, 5.74) is 1.98. The fraction of sp³-hybridized carbons (Fsp3) is 0.167. The minimum absolute atomic E-state index is 0.0894. The number of hydrogen-bond donors (Lipinski definition) is 2. The number of halogens is 3. The van der Waals surface area contributed by atoms with Gasteiger partial charge in [-0.05, 0) is 36.8 Å². The largest absolute Gasteiger partial charge is 0.416 e. The van der Waals surface area contributed by atoms with Gasteiger partial charge in [-0.1, -0.05) is 24.3 Å². The van der Waals surface area contributed by atoms with Crippen LogP contribution >= 0.6 is 0 Å². The molecule has 0 saturated heterocycles. The molecule has 6 heteroatoms. The van der Waals surface area contributed by atoms with Gasteiger partial charge in [0.05, 0.1) is 12.0 Å². The number of H-pyrrole nitrogens is 1. The first-order valence-electron chi connectivity index (χ1n) is 7.38. The van der Waals surface area contributed by atoms with Crippen molar-refractivity contribution in [2.24, 2.45) is 0 Å². The molecule has 124 valence electrons. The van der Waals surface area contributed by atoms with Crippen molar-refractivity contribution in [1.29, 1.82) is 0 Å². The van der Waals surface area contributed by atoms with E-state index >= 15 is 0 Å². The van der Waals surface area contributed by atoms with E-state index in [1.165, 1.54) is 12.1 Å². The van der Waals surface area contributed by atoms with E-state index in [9.17, 15) is 18.0 Å². The van der Waals surface area contributed by atoms with Gasteiger partial charge >= 0.3 is 6.18 Å². The molecule has 0 saturated carbocycles. The predicted octanol–water partition coefficient (Wildman–Crippen LogP) is 4.68. The highest BCUT2D eigenvalue weighted by Gasteiger charge is 2.30. The van der Waals surface area contributed by atoms with Gasteiger partial charge in [0.2, 0.25) is 5.91 Å². The number of alkyl halides is 3. The van der Waals surface area contributed by atoms with Crippen LogP contribution in [0.3, 0.4) is 0 Å². The molecule has 0 fully saturated rings. The van der Waals surface area contributed by atoms with Crippen LogP contribution in [0.15, 0.2) is 48.5 Å². The Hall–Kier alpha value is -2.76. The second kappa shape index (κ2) is 6.03. The van der Waals surface area contributed by atoms with Crippen LogP contribution in [0.2, 0.25) is 0 Å². The molecule has 3 aromatic rings. The molecule has 0 atom stereocenters. The van der Waals surface area contributed by atoms with Gasteiger partial charge in [-0.2, -0.15) is 13.2 Å². The second-order valence-corrected chi connectivity index (χ2v) is 5.58. The van der Waals surface area contributed by atoms with E-state index in [4.69, 9.17) is 0 Å². The van der Waals surface area contributed by atoms with Crippen LogP contribution in [0.5, 0.6) is 0 Å². The van der Waals surface area contributed by atoms with Gasteiger partial charge in [0.1, 0.15) is 0 Å². The van der Waals surface area contributed by atoms with E-state index < -0.39 is 11.7 Å². The third-order valence-corrected chi connectivity index (χ3v) is 3.84. The number of hydrogen-bond acceptors (Lipinski definition) is 1. The number of benzene rings is 2.